The Morgan fingerprint density at radius 2 is 1.74 bits per heavy atom. The van der Waals surface area contributed by atoms with E-state index >= 15 is 0 Å². The monoisotopic (exact) mass is 619 g/mol. The molecule has 2 heterocycles. The van der Waals surface area contributed by atoms with Crippen LogP contribution in [0.25, 0.3) is 5.76 Å². The van der Waals surface area contributed by atoms with Crippen LogP contribution in [0.3, 0.4) is 0 Å². The van der Waals surface area contributed by atoms with Crippen LogP contribution in [0.5, 0.6) is 11.5 Å². The summed E-state index contributed by atoms with van der Waals surface area (Å²) in [6.45, 7) is 6.35. The Bertz CT molecular complexity index is 1640. The maximum atomic E-state index is 13.5. The first-order valence-electron chi connectivity index (χ1n) is 13.0. The van der Waals surface area contributed by atoms with E-state index in [0.29, 0.717) is 51.0 Å². The topological polar surface area (TPSA) is 102 Å². The minimum absolute atomic E-state index is 0.0515. The van der Waals surface area contributed by atoms with Crippen LogP contribution in [-0.2, 0) is 15.3 Å². The molecule has 8 nitrogen and oxygen atoms in total. The van der Waals surface area contributed by atoms with Crippen LogP contribution in [-0.4, -0.2) is 40.2 Å². The zero-order valence-electron chi connectivity index (χ0n) is 22.5. The van der Waals surface area contributed by atoms with Gasteiger partial charge < -0.3 is 14.6 Å². The van der Waals surface area contributed by atoms with Crippen molar-refractivity contribution in [1.82, 2.24) is 10.2 Å². The number of benzene rings is 3. The number of aliphatic hydroxyl groups is 1. The predicted octanol–water partition coefficient (Wildman–Crippen LogP) is 7.07. The molecule has 0 saturated carbocycles. The highest BCUT2D eigenvalue weighted by molar-refractivity contribution is 8.00. The number of hydrogen-bond acceptors (Lipinski definition) is 9. The number of hydrogen-bond donors (Lipinski definition) is 1. The van der Waals surface area contributed by atoms with Crippen molar-refractivity contribution in [3.63, 3.8) is 0 Å². The molecule has 1 aliphatic rings. The average Bonchev–Trinajstić information content (AvgIpc) is 3.58. The van der Waals surface area contributed by atoms with Crippen molar-refractivity contribution in [3.8, 4) is 11.5 Å². The summed E-state index contributed by atoms with van der Waals surface area (Å²) in [4.78, 5) is 28.3. The summed E-state index contributed by atoms with van der Waals surface area (Å²) in [5.41, 5.74) is 1.86. The molecule has 1 unspecified atom stereocenters. The van der Waals surface area contributed by atoms with Crippen LogP contribution in [0.15, 0.2) is 95.4 Å². The number of carbonyl (C=O) groups excluding carboxylic acids is 2. The van der Waals surface area contributed by atoms with E-state index in [-0.39, 0.29) is 16.5 Å². The van der Waals surface area contributed by atoms with Gasteiger partial charge in [-0.3, -0.25) is 14.5 Å². The summed E-state index contributed by atoms with van der Waals surface area (Å²) in [7, 11) is 0. The second-order valence-corrected chi connectivity index (χ2v) is 11.6. The molecule has 0 spiro atoms. The number of rotatable bonds is 11. The number of thioether (sulfide) groups is 1. The highest BCUT2D eigenvalue weighted by Gasteiger charge is 2.48. The first-order valence-corrected chi connectivity index (χ1v) is 15.2. The number of aliphatic hydroxyl groups excluding tert-OH is 1. The highest BCUT2D eigenvalue weighted by atomic mass is 35.5. The van der Waals surface area contributed by atoms with Crippen molar-refractivity contribution in [3.05, 3.63) is 113 Å². The van der Waals surface area contributed by atoms with Crippen molar-refractivity contribution in [2.75, 3.05) is 18.1 Å². The first-order chi connectivity index (χ1) is 20.4. The van der Waals surface area contributed by atoms with Crippen LogP contribution >= 0.6 is 34.7 Å². The Labute approximate surface area is 256 Å². The number of aromatic nitrogens is 2. The fourth-order valence-corrected chi connectivity index (χ4v) is 6.54. The van der Waals surface area contributed by atoms with E-state index < -0.39 is 17.7 Å². The zero-order chi connectivity index (χ0) is 29.6. The number of carbonyl (C=O) groups is 2. The summed E-state index contributed by atoms with van der Waals surface area (Å²) in [5.74, 6) is -0.153. The van der Waals surface area contributed by atoms with Crippen LogP contribution in [0, 0.1) is 0 Å². The van der Waals surface area contributed by atoms with Crippen LogP contribution in [0.1, 0.15) is 29.7 Å². The number of halogens is 1. The first kappa shape index (κ1) is 29.4. The SMILES string of the molecule is C=CCOc1ccc(C2/C(=C(/O)c3ccc(OCC)cc3)C(=O)C(=O)N2c2nnc(SCc3ccccc3Cl)s2)cc1. The van der Waals surface area contributed by atoms with Gasteiger partial charge in [0.15, 0.2) is 4.34 Å². The Balaban J connectivity index is 1.52. The summed E-state index contributed by atoms with van der Waals surface area (Å²) >= 11 is 8.90. The van der Waals surface area contributed by atoms with Gasteiger partial charge in [-0.1, -0.05) is 77.7 Å². The van der Waals surface area contributed by atoms with Gasteiger partial charge in [-0.05, 0) is 60.5 Å². The van der Waals surface area contributed by atoms with Crippen molar-refractivity contribution in [2.24, 2.45) is 0 Å². The molecule has 4 aromatic rings. The molecular formula is C31H26ClN3O5S2. The summed E-state index contributed by atoms with van der Waals surface area (Å²) < 4.78 is 11.7. The number of nitrogens with zero attached hydrogens (tertiary/aromatic N) is 3. The van der Waals surface area contributed by atoms with E-state index in [1.807, 2.05) is 31.2 Å². The molecule has 214 valence electrons. The van der Waals surface area contributed by atoms with Crippen LogP contribution < -0.4 is 14.4 Å². The predicted molar refractivity (Wildman–Crippen MR) is 165 cm³/mol. The van der Waals surface area contributed by atoms with Gasteiger partial charge in [-0.15, -0.1) is 10.2 Å². The molecule has 3 aromatic carbocycles. The van der Waals surface area contributed by atoms with Gasteiger partial charge in [0.1, 0.15) is 23.9 Å². The van der Waals surface area contributed by atoms with E-state index in [1.54, 1.807) is 54.6 Å². The van der Waals surface area contributed by atoms with Crippen LogP contribution in [0.4, 0.5) is 5.13 Å². The molecule has 42 heavy (non-hydrogen) atoms. The van der Waals surface area contributed by atoms with Gasteiger partial charge in [0.25, 0.3) is 5.78 Å². The summed E-state index contributed by atoms with van der Waals surface area (Å²) in [6.07, 6.45) is 1.64. The molecular weight excluding hydrogens is 594 g/mol. The number of Topliss-reactive ketones (excluding diaryl/α,β-unsaturated/α-hetero) is 1. The zero-order valence-corrected chi connectivity index (χ0v) is 24.9. The molecule has 1 amide bonds. The smallest absolute Gasteiger partial charge is 0.301 e. The maximum Gasteiger partial charge on any atom is 0.301 e. The number of ether oxygens (including phenoxy) is 2. The van der Waals surface area contributed by atoms with Gasteiger partial charge in [0.05, 0.1) is 18.2 Å². The van der Waals surface area contributed by atoms with E-state index in [2.05, 4.69) is 16.8 Å². The van der Waals surface area contributed by atoms with Crippen molar-refractivity contribution >= 4 is 57.3 Å². The van der Waals surface area contributed by atoms with Gasteiger partial charge in [-0.2, -0.15) is 0 Å². The highest BCUT2D eigenvalue weighted by Crippen LogP contribution is 2.44. The lowest BCUT2D eigenvalue weighted by atomic mass is 9.95. The quantitative estimate of drug-likeness (QED) is 0.0475. The molecule has 1 atom stereocenters. The molecule has 1 aromatic heterocycles. The minimum atomic E-state index is -0.945. The summed E-state index contributed by atoms with van der Waals surface area (Å²) in [5, 5.41) is 20.8. The lowest BCUT2D eigenvalue weighted by Crippen LogP contribution is -2.29. The second kappa shape index (κ2) is 13.2. The molecule has 1 aliphatic heterocycles. The molecule has 0 radical (unpaired) electrons. The van der Waals surface area contributed by atoms with Crippen LogP contribution in [0.2, 0.25) is 5.02 Å². The minimum Gasteiger partial charge on any atom is -0.507 e. The number of anilines is 1. The van der Waals surface area contributed by atoms with E-state index in [9.17, 15) is 14.7 Å². The Hall–Kier alpha value is -4.12. The Kier molecular flexibility index (Phi) is 9.26. The Morgan fingerprint density at radius 3 is 2.43 bits per heavy atom. The molecule has 5 rings (SSSR count). The van der Waals surface area contributed by atoms with Gasteiger partial charge in [0, 0.05) is 16.3 Å². The number of ketones is 1. The third-order valence-electron chi connectivity index (χ3n) is 6.36. The lowest BCUT2D eigenvalue weighted by Gasteiger charge is -2.22. The van der Waals surface area contributed by atoms with E-state index in [0.717, 1.165) is 5.56 Å². The normalized spacial score (nSPS) is 16.0. The third kappa shape index (κ3) is 6.20. The molecule has 1 N–H and O–H groups in total. The van der Waals surface area contributed by atoms with Crippen molar-refractivity contribution in [1.29, 1.82) is 0 Å². The molecule has 0 bridgehead atoms. The maximum absolute atomic E-state index is 13.5. The molecule has 1 saturated heterocycles. The van der Waals surface area contributed by atoms with Gasteiger partial charge in [0.2, 0.25) is 5.13 Å². The van der Waals surface area contributed by atoms with Crippen molar-refractivity contribution in [2.45, 2.75) is 23.1 Å². The lowest BCUT2D eigenvalue weighted by molar-refractivity contribution is -0.132. The standard InChI is InChI=1S/C31H26ClN3O5S2/c1-3-17-40-23-13-9-19(10-14-23)26-25(27(36)20-11-15-22(16-12-20)39-4-2)28(37)29(38)35(26)30-33-34-31(42-30)41-18-21-7-5-6-8-24(21)32/h3,5-16,26,36H,1,4,17-18H2,2H3/b27-25-. The van der Waals surface area contributed by atoms with E-state index in [4.69, 9.17) is 21.1 Å². The second-order valence-electron chi connectivity index (χ2n) is 9.03. The largest absolute Gasteiger partial charge is 0.507 e. The average molecular weight is 620 g/mol. The number of amides is 1. The fourth-order valence-electron chi connectivity index (χ4n) is 4.39. The fraction of sp³-hybridized carbons (Fsp3) is 0.161. The van der Waals surface area contributed by atoms with Gasteiger partial charge >= 0.3 is 5.91 Å². The van der Waals surface area contributed by atoms with Crippen molar-refractivity contribution < 1.29 is 24.2 Å². The Morgan fingerprint density at radius 1 is 1.05 bits per heavy atom. The summed E-state index contributed by atoms with van der Waals surface area (Å²) in [6, 6.07) is 20.2. The molecule has 11 heteroatoms. The molecule has 0 aliphatic carbocycles. The van der Waals surface area contributed by atoms with Gasteiger partial charge in [-0.25, -0.2) is 0 Å². The third-order valence-corrected chi connectivity index (χ3v) is 8.83. The molecule has 1 fully saturated rings. The van der Waals surface area contributed by atoms with E-state index in [1.165, 1.54) is 28.0 Å².